The number of benzene rings is 1. The Hall–Kier alpha value is -2.43. The molecule has 0 atom stereocenters. The van der Waals surface area contributed by atoms with Gasteiger partial charge in [-0.2, -0.15) is 5.10 Å². The molecule has 4 rings (SSSR count). The third-order valence-electron chi connectivity index (χ3n) is 4.26. The van der Waals surface area contributed by atoms with Crippen LogP contribution in [0.4, 0.5) is 10.2 Å². The molecule has 2 aromatic heterocycles. The lowest BCUT2D eigenvalue weighted by molar-refractivity contribution is 0.628. The molecule has 106 valence electrons. The van der Waals surface area contributed by atoms with Crippen LogP contribution < -0.4 is 5.73 Å². The summed E-state index contributed by atoms with van der Waals surface area (Å²) in [6, 6.07) is 4.83. The van der Waals surface area contributed by atoms with E-state index >= 15 is 0 Å². The first-order valence-corrected chi connectivity index (χ1v) is 7.07. The number of hydrogen-bond donors (Lipinski definition) is 2. The first-order valence-electron chi connectivity index (χ1n) is 7.07. The molecule has 0 fully saturated rings. The number of hydrogen-bond acceptors (Lipinski definition) is 3. The molecule has 0 aliphatic heterocycles. The number of fused-ring (bicyclic) bond motifs is 3. The van der Waals surface area contributed by atoms with Gasteiger partial charge in [0.1, 0.15) is 5.82 Å². The van der Waals surface area contributed by atoms with Crippen LogP contribution in [0, 0.1) is 12.7 Å². The van der Waals surface area contributed by atoms with E-state index in [9.17, 15) is 4.39 Å². The van der Waals surface area contributed by atoms with E-state index < -0.39 is 0 Å². The molecule has 2 heterocycles. The summed E-state index contributed by atoms with van der Waals surface area (Å²) in [5, 5.41) is 7.88. The van der Waals surface area contributed by atoms with Crippen molar-refractivity contribution in [3.63, 3.8) is 0 Å². The molecule has 0 amide bonds. The van der Waals surface area contributed by atoms with E-state index in [1.54, 1.807) is 12.1 Å². The van der Waals surface area contributed by atoms with E-state index in [1.165, 1.54) is 17.2 Å². The number of aromatic amines is 1. The molecule has 0 radical (unpaired) electrons. The molecule has 0 saturated heterocycles. The molecule has 1 aromatic carbocycles. The van der Waals surface area contributed by atoms with Crippen LogP contribution in [0.2, 0.25) is 0 Å². The zero-order chi connectivity index (χ0) is 14.6. The number of H-pyrrole nitrogens is 1. The lowest BCUT2D eigenvalue weighted by Crippen LogP contribution is -1.98. The lowest BCUT2D eigenvalue weighted by Gasteiger charge is -2.11. The first kappa shape index (κ1) is 12.3. The summed E-state index contributed by atoms with van der Waals surface area (Å²) in [5.41, 5.74) is 11.8. The normalized spacial score (nSPS) is 13.8. The van der Waals surface area contributed by atoms with Crippen LogP contribution in [0.25, 0.3) is 22.3 Å². The Bertz CT molecular complexity index is 866. The summed E-state index contributed by atoms with van der Waals surface area (Å²) in [5.74, 6) is 0.256. The number of anilines is 1. The van der Waals surface area contributed by atoms with E-state index in [0.29, 0.717) is 11.5 Å². The van der Waals surface area contributed by atoms with Crippen LogP contribution >= 0.6 is 0 Å². The SMILES string of the molecule is Cc1ccc(F)cc1-c1nc2[nH]nc(N)c2c2c1CCC2. The van der Waals surface area contributed by atoms with Crippen molar-refractivity contribution < 1.29 is 4.39 Å². The average molecular weight is 282 g/mol. The minimum Gasteiger partial charge on any atom is -0.382 e. The van der Waals surface area contributed by atoms with E-state index in [2.05, 4.69) is 15.2 Å². The number of nitrogens with one attached hydrogen (secondary N) is 1. The van der Waals surface area contributed by atoms with Gasteiger partial charge in [-0.25, -0.2) is 9.37 Å². The minimum atomic E-state index is -0.242. The molecule has 0 bridgehead atoms. The molecular weight excluding hydrogens is 267 g/mol. The third-order valence-corrected chi connectivity index (χ3v) is 4.26. The number of aromatic nitrogens is 3. The van der Waals surface area contributed by atoms with Crippen molar-refractivity contribution in [2.24, 2.45) is 0 Å². The van der Waals surface area contributed by atoms with Gasteiger partial charge >= 0.3 is 0 Å². The van der Waals surface area contributed by atoms with Crippen LogP contribution in [0.15, 0.2) is 18.2 Å². The van der Waals surface area contributed by atoms with Crippen molar-refractivity contribution in [1.29, 1.82) is 0 Å². The summed E-state index contributed by atoms with van der Waals surface area (Å²) in [6.07, 6.45) is 3.00. The monoisotopic (exact) mass is 282 g/mol. The van der Waals surface area contributed by atoms with Crippen LogP contribution in [-0.2, 0) is 12.8 Å². The van der Waals surface area contributed by atoms with Gasteiger partial charge in [0.15, 0.2) is 11.5 Å². The number of halogens is 1. The molecule has 21 heavy (non-hydrogen) atoms. The molecule has 3 aromatic rings. The highest BCUT2D eigenvalue weighted by atomic mass is 19.1. The Balaban J connectivity index is 2.08. The largest absolute Gasteiger partial charge is 0.382 e. The van der Waals surface area contributed by atoms with Crippen molar-refractivity contribution in [1.82, 2.24) is 15.2 Å². The first-order chi connectivity index (χ1) is 10.1. The van der Waals surface area contributed by atoms with Gasteiger partial charge in [-0.3, -0.25) is 5.10 Å². The van der Waals surface area contributed by atoms with Crippen LogP contribution in [0.5, 0.6) is 0 Å². The molecule has 0 saturated carbocycles. The van der Waals surface area contributed by atoms with Crippen LogP contribution in [0.3, 0.4) is 0 Å². The van der Waals surface area contributed by atoms with E-state index in [-0.39, 0.29) is 5.82 Å². The van der Waals surface area contributed by atoms with E-state index in [0.717, 1.165) is 41.5 Å². The van der Waals surface area contributed by atoms with Gasteiger partial charge in [0.25, 0.3) is 0 Å². The number of aryl methyl sites for hydroxylation is 2. The fourth-order valence-electron chi connectivity index (χ4n) is 3.26. The second-order valence-corrected chi connectivity index (χ2v) is 5.56. The van der Waals surface area contributed by atoms with Crippen LogP contribution in [-0.4, -0.2) is 15.2 Å². The van der Waals surface area contributed by atoms with Crippen molar-refractivity contribution in [2.45, 2.75) is 26.2 Å². The second-order valence-electron chi connectivity index (χ2n) is 5.56. The van der Waals surface area contributed by atoms with Crippen molar-refractivity contribution in [2.75, 3.05) is 5.73 Å². The van der Waals surface area contributed by atoms with Gasteiger partial charge in [0.05, 0.1) is 11.1 Å². The van der Waals surface area contributed by atoms with Gasteiger partial charge in [-0.15, -0.1) is 0 Å². The Morgan fingerprint density at radius 2 is 2.05 bits per heavy atom. The molecular formula is C16H15FN4. The lowest BCUT2D eigenvalue weighted by atomic mass is 9.97. The maximum absolute atomic E-state index is 13.6. The summed E-state index contributed by atoms with van der Waals surface area (Å²) in [4.78, 5) is 4.68. The molecule has 0 unspecified atom stereocenters. The number of rotatable bonds is 1. The number of pyridine rings is 1. The highest BCUT2D eigenvalue weighted by molar-refractivity contribution is 5.93. The minimum absolute atomic E-state index is 0.242. The maximum atomic E-state index is 13.6. The van der Waals surface area contributed by atoms with E-state index in [1.807, 2.05) is 6.92 Å². The molecule has 4 nitrogen and oxygen atoms in total. The summed E-state index contributed by atoms with van der Waals surface area (Å²) >= 11 is 0. The topological polar surface area (TPSA) is 67.6 Å². The Morgan fingerprint density at radius 1 is 1.24 bits per heavy atom. The Labute approximate surface area is 121 Å². The predicted octanol–water partition coefficient (Wildman–Crippen LogP) is 3.14. The molecule has 1 aliphatic carbocycles. The molecule has 3 N–H and O–H groups in total. The predicted molar refractivity (Wildman–Crippen MR) is 80.5 cm³/mol. The van der Waals surface area contributed by atoms with E-state index in [4.69, 9.17) is 5.73 Å². The van der Waals surface area contributed by atoms with Gasteiger partial charge in [-0.1, -0.05) is 6.07 Å². The summed E-state index contributed by atoms with van der Waals surface area (Å²) in [6.45, 7) is 1.98. The molecule has 0 spiro atoms. The Kier molecular flexibility index (Phi) is 2.51. The fourth-order valence-corrected chi connectivity index (χ4v) is 3.26. The number of nitrogen functional groups attached to an aromatic ring is 1. The zero-order valence-electron chi connectivity index (χ0n) is 11.7. The zero-order valence-corrected chi connectivity index (χ0v) is 11.7. The van der Waals surface area contributed by atoms with Gasteiger partial charge in [-0.05, 0) is 55.0 Å². The second kappa shape index (κ2) is 4.28. The maximum Gasteiger partial charge on any atom is 0.158 e. The average Bonchev–Trinajstić information content (AvgIpc) is 3.07. The summed E-state index contributed by atoms with van der Waals surface area (Å²) < 4.78 is 13.6. The highest BCUT2D eigenvalue weighted by Gasteiger charge is 2.24. The van der Waals surface area contributed by atoms with Crippen molar-refractivity contribution in [3.8, 4) is 11.3 Å². The van der Waals surface area contributed by atoms with Crippen molar-refractivity contribution >= 4 is 16.9 Å². The molecule has 1 aliphatic rings. The Morgan fingerprint density at radius 3 is 2.90 bits per heavy atom. The number of nitrogens with two attached hydrogens (primary N) is 1. The summed E-state index contributed by atoms with van der Waals surface area (Å²) in [7, 11) is 0. The smallest absolute Gasteiger partial charge is 0.158 e. The van der Waals surface area contributed by atoms with Crippen molar-refractivity contribution in [3.05, 3.63) is 40.7 Å². The fraction of sp³-hybridized carbons (Fsp3) is 0.250. The third kappa shape index (κ3) is 1.73. The highest BCUT2D eigenvalue weighted by Crippen LogP contribution is 2.38. The van der Waals surface area contributed by atoms with Gasteiger partial charge in [0.2, 0.25) is 0 Å². The van der Waals surface area contributed by atoms with Gasteiger partial charge in [0, 0.05) is 5.56 Å². The standard InChI is InChI=1S/C16H15FN4/c1-8-5-6-9(17)7-12(8)14-11-4-2-3-10(11)13-15(18)20-21-16(13)19-14/h5-7H,2-4H2,1H3,(H3,18,19,20,21). The number of nitrogens with zero attached hydrogens (tertiary/aromatic N) is 2. The van der Waals surface area contributed by atoms with Gasteiger partial charge < -0.3 is 5.73 Å². The quantitative estimate of drug-likeness (QED) is 0.720. The van der Waals surface area contributed by atoms with Crippen LogP contribution in [0.1, 0.15) is 23.1 Å². The molecule has 5 heteroatoms.